The molecule has 0 amide bonds. The monoisotopic (exact) mass is 319 g/mol. The molecule has 0 bridgehead atoms. The van der Waals surface area contributed by atoms with E-state index in [-0.39, 0.29) is 0 Å². The molecular formula is C16H21N3O2S. The van der Waals surface area contributed by atoms with Gasteiger partial charge in [0.1, 0.15) is 0 Å². The van der Waals surface area contributed by atoms with Crippen LogP contribution < -0.4 is 10.0 Å². The summed E-state index contributed by atoms with van der Waals surface area (Å²) in [6, 6.07) is 13.2. The van der Waals surface area contributed by atoms with Crippen LogP contribution >= 0.6 is 0 Å². The molecule has 0 saturated heterocycles. The molecule has 2 aromatic rings. The summed E-state index contributed by atoms with van der Waals surface area (Å²) < 4.78 is 27.1. The van der Waals surface area contributed by atoms with Crippen molar-refractivity contribution in [3.05, 3.63) is 53.6 Å². The van der Waals surface area contributed by atoms with Crippen molar-refractivity contribution in [3.63, 3.8) is 0 Å². The van der Waals surface area contributed by atoms with Gasteiger partial charge in [0, 0.05) is 31.2 Å². The predicted molar refractivity (Wildman–Crippen MR) is 91.9 cm³/mol. The molecule has 0 aromatic heterocycles. The normalized spacial score (nSPS) is 11.5. The van der Waals surface area contributed by atoms with Gasteiger partial charge in [0.2, 0.25) is 0 Å². The van der Waals surface area contributed by atoms with Crippen LogP contribution in [0.4, 0.5) is 17.1 Å². The van der Waals surface area contributed by atoms with Gasteiger partial charge >= 0.3 is 10.2 Å². The smallest absolute Gasteiger partial charge is 0.301 e. The molecule has 0 heterocycles. The highest BCUT2D eigenvalue weighted by atomic mass is 32.2. The summed E-state index contributed by atoms with van der Waals surface area (Å²) in [5, 5.41) is 3.34. The Morgan fingerprint density at radius 2 is 1.50 bits per heavy atom. The maximum absolute atomic E-state index is 11.8. The van der Waals surface area contributed by atoms with E-state index in [0.29, 0.717) is 5.69 Å². The molecule has 0 aliphatic rings. The summed E-state index contributed by atoms with van der Waals surface area (Å²) in [7, 11) is -0.503. The van der Waals surface area contributed by atoms with Gasteiger partial charge in [0.15, 0.2) is 0 Å². The molecular weight excluding hydrogens is 298 g/mol. The summed E-state index contributed by atoms with van der Waals surface area (Å²) >= 11 is 0. The molecule has 0 atom stereocenters. The number of nitrogens with one attached hydrogen (secondary N) is 2. The topological polar surface area (TPSA) is 61.4 Å². The fourth-order valence-electron chi connectivity index (χ4n) is 1.90. The SMILES string of the molecule is Cc1cccc(Nc2ccc(NS(=O)(=O)N(C)C)cc2)c1C. The van der Waals surface area contributed by atoms with Gasteiger partial charge in [-0.3, -0.25) is 4.72 Å². The molecule has 0 aliphatic carbocycles. The Labute approximate surface area is 132 Å². The minimum absolute atomic E-state index is 0.528. The molecule has 118 valence electrons. The summed E-state index contributed by atoms with van der Waals surface area (Å²) in [5.74, 6) is 0. The molecule has 0 aliphatic heterocycles. The third kappa shape index (κ3) is 3.78. The van der Waals surface area contributed by atoms with Gasteiger partial charge in [0.05, 0.1) is 0 Å². The van der Waals surface area contributed by atoms with E-state index in [1.807, 2.05) is 24.3 Å². The van der Waals surface area contributed by atoms with Crippen molar-refractivity contribution < 1.29 is 8.42 Å². The second-order valence-corrected chi connectivity index (χ2v) is 7.22. The summed E-state index contributed by atoms with van der Waals surface area (Å²) in [6.45, 7) is 4.14. The van der Waals surface area contributed by atoms with E-state index in [1.165, 1.54) is 25.2 Å². The highest BCUT2D eigenvalue weighted by Gasteiger charge is 2.12. The first-order chi connectivity index (χ1) is 10.3. The number of nitrogens with zero attached hydrogens (tertiary/aromatic N) is 1. The van der Waals surface area contributed by atoms with Crippen LogP contribution in [-0.4, -0.2) is 26.8 Å². The molecule has 2 rings (SSSR count). The highest BCUT2D eigenvalue weighted by molar-refractivity contribution is 7.90. The van der Waals surface area contributed by atoms with Gasteiger partial charge in [-0.25, -0.2) is 0 Å². The van der Waals surface area contributed by atoms with Crippen molar-refractivity contribution in [3.8, 4) is 0 Å². The first kappa shape index (κ1) is 16.3. The van der Waals surface area contributed by atoms with Crippen molar-refractivity contribution in [1.29, 1.82) is 0 Å². The lowest BCUT2D eigenvalue weighted by atomic mass is 10.1. The molecule has 2 aromatic carbocycles. The molecule has 5 nitrogen and oxygen atoms in total. The van der Waals surface area contributed by atoms with Crippen molar-refractivity contribution in [2.45, 2.75) is 13.8 Å². The number of benzene rings is 2. The minimum atomic E-state index is -3.47. The van der Waals surface area contributed by atoms with E-state index < -0.39 is 10.2 Å². The maximum atomic E-state index is 11.8. The van der Waals surface area contributed by atoms with E-state index in [0.717, 1.165) is 15.7 Å². The molecule has 2 N–H and O–H groups in total. The second kappa shape index (κ2) is 6.37. The average molecular weight is 319 g/mol. The van der Waals surface area contributed by atoms with Gasteiger partial charge in [0.25, 0.3) is 0 Å². The number of anilines is 3. The Balaban J connectivity index is 2.14. The minimum Gasteiger partial charge on any atom is -0.355 e. The van der Waals surface area contributed by atoms with Crippen LogP contribution in [-0.2, 0) is 10.2 Å². The largest absolute Gasteiger partial charge is 0.355 e. The number of aryl methyl sites for hydroxylation is 1. The summed E-state index contributed by atoms with van der Waals surface area (Å²) in [6.07, 6.45) is 0. The van der Waals surface area contributed by atoms with Crippen LogP contribution in [0.5, 0.6) is 0 Å². The summed E-state index contributed by atoms with van der Waals surface area (Å²) in [5.41, 5.74) is 4.89. The number of rotatable bonds is 5. The second-order valence-electron chi connectivity index (χ2n) is 5.34. The lowest BCUT2D eigenvalue weighted by Crippen LogP contribution is -2.28. The Bertz CT molecular complexity index is 753. The van der Waals surface area contributed by atoms with Crippen molar-refractivity contribution in [2.75, 3.05) is 24.1 Å². The van der Waals surface area contributed by atoms with Gasteiger partial charge < -0.3 is 5.32 Å². The van der Waals surface area contributed by atoms with Crippen LogP contribution in [0.2, 0.25) is 0 Å². The summed E-state index contributed by atoms with van der Waals surface area (Å²) in [4.78, 5) is 0. The maximum Gasteiger partial charge on any atom is 0.301 e. The molecule has 22 heavy (non-hydrogen) atoms. The van der Waals surface area contributed by atoms with E-state index >= 15 is 0 Å². The Morgan fingerprint density at radius 3 is 2.09 bits per heavy atom. The Hall–Kier alpha value is -2.05. The van der Waals surface area contributed by atoms with Gasteiger partial charge in [-0.15, -0.1) is 0 Å². The third-order valence-corrected chi connectivity index (χ3v) is 4.95. The molecule has 0 fully saturated rings. The van der Waals surface area contributed by atoms with Crippen LogP contribution in [0.15, 0.2) is 42.5 Å². The lowest BCUT2D eigenvalue weighted by Gasteiger charge is -2.14. The lowest BCUT2D eigenvalue weighted by molar-refractivity contribution is 0.527. The molecule has 6 heteroatoms. The quantitative estimate of drug-likeness (QED) is 0.889. The average Bonchev–Trinajstić information content (AvgIpc) is 2.45. The Kier molecular flexibility index (Phi) is 4.73. The van der Waals surface area contributed by atoms with Crippen molar-refractivity contribution in [1.82, 2.24) is 4.31 Å². The zero-order valence-corrected chi connectivity index (χ0v) is 14.0. The van der Waals surface area contributed by atoms with Crippen molar-refractivity contribution in [2.24, 2.45) is 0 Å². The Morgan fingerprint density at radius 1 is 0.909 bits per heavy atom. The molecule has 0 unspecified atom stereocenters. The predicted octanol–water partition coefficient (Wildman–Crippen LogP) is 3.27. The van der Waals surface area contributed by atoms with E-state index in [1.54, 1.807) is 12.1 Å². The van der Waals surface area contributed by atoms with Crippen LogP contribution in [0.3, 0.4) is 0 Å². The molecule has 0 saturated carbocycles. The zero-order valence-electron chi connectivity index (χ0n) is 13.2. The molecule has 0 spiro atoms. The van der Waals surface area contributed by atoms with Crippen LogP contribution in [0.25, 0.3) is 0 Å². The first-order valence-corrected chi connectivity index (χ1v) is 8.37. The fraction of sp³-hybridized carbons (Fsp3) is 0.250. The first-order valence-electron chi connectivity index (χ1n) is 6.93. The fourth-order valence-corrected chi connectivity index (χ4v) is 2.52. The third-order valence-electron chi connectivity index (χ3n) is 3.50. The van der Waals surface area contributed by atoms with Crippen molar-refractivity contribution >= 4 is 27.3 Å². The van der Waals surface area contributed by atoms with E-state index in [2.05, 4.69) is 30.0 Å². The highest BCUT2D eigenvalue weighted by Crippen LogP contribution is 2.24. The number of hydrogen-bond acceptors (Lipinski definition) is 3. The van der Waals surface area contributed by atoms with Crippen LogP contribution in [0.1, 0.15) is 11.1 Å². The van der Waals surface area contributed by atoms with Gasteiger partial charge in [-0.2, -0.15) is 12.7 Å². The van der Waals surface area contributed by atoms with E-state index in [4.69, 9.17) is 0 Å². The molecule has 0 radical (unpaired) electrons. The van der Waals surface area contributed by atoms with E-state index in [9.17, 15) is 8.42 Å². The number of hydrogen-bond donors (Lipinski definition) is 2. The standard InChI is InChI=1S/C16H21N3O2S/c1-12-6-5-7-16(13(12)2)17-14-8-10-15(11-9-14)18-22(20,21)19(3)4/h5-11,17-18H,1-4H3. The van der Waals surface area contributed by atoms with Gasteiger partial charge in [-0.05, 0) is 55.3 Å². The van der Waals surface area contributed by atoms with Crippen LogP contribution in [0, 0.1) is 13.8 Å². The zero-order chi connectivity index (χ0) is 16.3. The van der Waals surface area contributed by atoms with Gasteiger partial charge in [-0.1, -0.05) is 12.1 Å².